The standard InChI is InChI=1S/C22H26N2O3/c1-17-8-9-19(16-18(17)2)22(26)24-13-11-23(12-14-24)21(25)10-15-27-20-6-4-3-5-7-20/h3-9,16H,10-15H2,1-2H3. The van der Waals surface area contributed by atoms with Gasteiger partial charge in [-0.05, 0) is 49.2 Å². The van der Waals surface area contributed by atoms with Crippen molar-refractivity contribution in [2.24, 2.45) is 0 Å². The first-order chi connectivity index (χ1) is 13.0. The lowest BCUT2D eigenvalue weighted by molar-refractivity contribution is -0.133. The lowest BCUT2D eigenvalue weighted by Crippen LogP contribution is -2.50. The van der Waals surface area contributed by atoms with Crippen molar-refractivity contribution in [3.63, 3.8) is 0 Å². The summed E-state index contributed by atoms with van der Waals surface area (Å²) in [4.78, 5) is 28.7. The number of nitrogens with zero attached hydrogens (tertiary/aromatic N) is 2. The van der Waals surface area contributed by atoms with Crippen molar-refractivity contribution in [3.8, 4) is 5.75 Å². The molecule has 1 heterocycles. The lowest BCUT2D eigenvalue weighted by Gasteiger charge is -2.35. The number of rotatable bonds is 5. The first-order valence-electron chi connectivity index (χ1n) is 9.37. The lowest BCUT2D eigenvalue weighted by atomic mass is 10.1. The molecule has 142 valence electrons. The van der Waals surface area contributed by atoms with Gasteiger partial charge in [0.15, 0.2) is 0 Å². The van der Waals surface area contributed by atoms with Crippen LogP contribution in [0.5, 0.6) is 5.75 Å². The van der Waals surface area contributed by atoms with Crippen LogP contribution >= 0.6 is 0 Å². The van der Waals surface area contributed by atoms with Crippen molar-refractivity contribution >= 4 is 11.8 Å². The van der Waals surface area contributed by atoms with Gasteiger partial charge in [0.2, 0.25) is 5.91 Å². The van der Waals surface area contributed by atoms with Gasteiger partial charge in [0.05, 0.1) is 13.0 Å². The zero-order valence-electron chi connectivity index (χ0n) is 16.0. The van der Waals surface area contributed by atoms with Gasteiger partial charge in [-0.2, -0.15) is 0 Å². The molecule has 2 aromatic rings. The van der Waals surface area contributed by atoms with E-state index in [9.17, 15) is 9.59 Å². The maximum absolute atomic E-state index is 12.7. The second kappa shape index (κ2) is 8.71. The van der Waals surface area contributed by atoms with Crippen molar-refractivity contribution in [3.05, 3.63) is 65.2 Å². The van der Waals surface area contributed by atoms with Gasteiger partial charge in [-0.1, -0.05) is 24.3 Å². The highest BCUT2D eigenvalue weighted by atomic mass is 16.5. The van der Waals surface area contributed by atoms with Crippen molar-refractivity contribution in [1.82, 2.24) is 9.80 Å². The molecular formula is C22H26N2O3. The molecular weight excluding hydrogens is 340 g/mol. The summed E-state index contributed by atoms with van der Waals surface area (Å²) < 4.78 is 5.59. The molecule has 0 spiro atoms. The largest absolute Gasteiger partial charge is 0.493 e. The molecule has 1 fully saturated rings. The van der Waals surface area contributed by atoms with E-state index in [0.717, 1.165) is 11.3 Å². The number of carbonyl (C=O) groups is 2. The highest BCUT2D eigenvalue weighted by Crippen LogP contribution is 2.14. The Kier molecular flexibility index (Phi) is 6.12. The van der Waals surface area contributed by atoms with Crippen LogP contribution in [0, 0.1) is 13.8 Å². The second-order valence-corrected chi connectivity index (χ2v) is 6.88. The first-order valence-corrected chi connectivity index (χ1v) is 9.37. The highest BCUT2D eigenvalue weighted by Gasteiger charge is 2.24. The van der Waals surface area contributed by atoms with Gasteiger partial charge in [0, 0.05) is 31.7 Å². The van der Waals surface area contributed by atoms with Gasteiger partial charge in [-0.15, -0.1) is 0 Å². The summed E-state index contributed by atoms with van der Waals surface area (Å²) in [5.41, 5.74) is 3.02. The Balaban J connectivity index is 1.45. The minimum Gasteiger partial charge on any atom is -0.493 e. The zero-order valence-corrected chi connectivity index (χ0v) is 16.0. The maximum atomic E-state index is 12.7. The third-order valence-electron chi connectivity index (χ3n) is 5.00. The number of hydrogen-bond donors (Lipinski definition) is 0. The Bertz CT molecular complexity index is 796. The Morgan fingerprint density at radius 1 is 0.889 bits per heavy atom. The SMILES string of the molecule is Cc1ccc(C(=O)N2CCN(C(=O)CCOc3ccccc3)CC2)cc1C. The van der Waals surface area contributed by atoms with E-state index in [-0.39, 0.29) is 11.8 Å². The van der Waals surface area contributed by atoms with Crippen LogP contribution in [0.15, 0.2) is 48.5 Å². The minimum absolute atomic E-state index is 0.0395. The summed E-state index contributed by atoms with van der Waals surface area (Å²) in [5.74, 6) is 0.885. The Morgan fingerprint density at radius 3 is 2.22 bits per heavy atom. The van der Waals surface area contributed by atoms with Crippen LogP contribution in [-0.2, 0) is 4.79 Å². The quantitative estimate of drug-likeness (QED) is 0.817. The number of amides is 2. The van der Waals surface area contributed by atoms with Crippen molar-refractivity contribution in [1.29, 1.82) is 0 Å². The molecule has 0 unspecified atom stereocenters. The van der Waals surface area contributed by atoms with Crippen molar-refractivity contribution in [2.75, 3.05) is 32.8 Å². The summed E-state index contributed by atoms with van der Waals surface area (Å²) in [7, 11) is 0. The van der Waals surface area contributed by atoms with E-state index in [1.807, 2.05) is 72.2 Å². The average molecular weight is 366 g/mol. The van der Waals surface area contributed by atoms with Crippen LogP contribution in [0.1, 0.15) is 27.9 Å². The van der Waals surface area contributed by atoms with Crippen molar-refractivity contribution < 1.29 is 14.3 Å². The smallest absolute Gasteiger partial charge is 0.253 e. The average Bonchev–Trinajstić information content (AvgIpc) is 2.70. The molecule has 0 aliphatic carbocycles. The molecule has 0 aromatic heterocycles. The third kappa shape index (κ3) is 4.88. The van der Waals surface area contributed by atoms with Crippen LogP contribution in [0.3, 0.4) is 0 Å². The van der Waals surface area contributed by atoms with E-state index in [4.69, 9.17) is 4.74 Å². The van der Waals surface area contributed by atoms with Gasteiger partial charge in [0.25, 0.3) is 5.91 Å². The van der Waals surface area contributed by atoms with Crippen LogP contribution in [0.4, 0.5) is 0 Å². The van der Waals surface area contributed by atoms with E-state index in [2.05, 4.69) is 0 Å². The predicted octanol–water partition coefficient (Wildman–Crippen LogP) is 3.06. The van der Waals surface area contributed by atoms with Crippen LogP contribution in [0.2, 0.25) is 0 Å². The van der Waals surface area contributed by atoms with Crippen LogP contribution < -0.4 is 4.74 Å². The topological polar surface area (TPSA) is 49.9 Å². The maximum Gasteiger partial charge on any atom is 0.253 e. The second-order valence-electron chi connectivity index (χ2n) is 6.88. The van der Waals surface area contributed by atoms with Crippen LogP contribution in [-0.4, -0.2) is 54.4 Å². The predicted molar refractivity (Wildman–Crippen MR) is 105 cm³/mol. The Hall–Kier alpha value is -2.82. The zero-order chi connectivity index (χ0) is 19.2. The summed E-state index contributed by atoms with van der Waals surface area (Å²) in [6.07, 6.45) is 0.347. The Labute approximate surface area is 160 Å². The molecule has 5 nitrogen and oxygen atoms in total. The number of ether oxygens (including phenoxy) is 1. The molecule has 0 atom stereocenters. The van der Waals surface area contributed by atoms with Crippen LogP contribution in [0.25, 0.3) is 0 Å². The Morgan fingerprint density at radius 2 is 1.56 bits per heavy atom. The van der Waals surface area contributed by atoms with E-state index in [1.54, 1.807) is 0 Å². The highest BCUT2D eigenvalue weighted by molar-refractivity contribution is 5.94. The molecule has 5 heteroatoms. The summed E-state index contributed by atoms with van der Waals surface area (Å²) in [5, 5.41) is 0. The van der Waals surface area contributed by atoms with Gasteiger partial charge in [0.1, 0.15) is 5.75 Å². The molecule has 0 bridgehead atoms. The van der Waals surface area contributed by atoms with Gasteiger partial charge in [-0.25, -0.2) is 0 Å². The number of benzene rings is 2. The summed E-state index contributed by atoms with van der Waals surface area (Å²) >= 11 is 0. The van der Waals surface area contributed by atoms with Gasteiger partial charge >= 0.3 is 0 Å². The molecule has 27 heavy (non-hydrogen) atoms. The number of aryl methyl sites for hydroxylation is 2. The molecule has 0 radical (unpaired) electrons. The van der Waals surface area contributed by atoms with Gasteiger partial charge < -0.3 is 14.5 Å². The fourth-order valence-corrected chi connectivity index (χ4v) is 3.15. The summed E-state index contributed by atoms with van der Waals surface area (Å²) in [6.45, 7) is 6.69. The molecule has 2 amide bonds. The molecule has 0 saturated carbocycles. The van der Waals surface area contributed by atoms with E-state index >= 15 is 0 Å². The fourth-order valence-electron chi connectivity index (χ4n) is 3.15. The normalized spacial score (nSPS) is 14.1. The first kappa shape index (κ1) is 19.0. The minimum atomic E-state index is 0.0395. The van der Waals surface area contributed by atoms with Gasteiger partial charge in [-0.3, -0.25) is 9.59 Å². The molecule has 1 aliphatic heterocycles. The van der Waals surface area contributed by atoms with E-state index in [0.29, 0.717) is 44.8 Å². The monoisotopic (exact) mass is 366 g/mol. The molecule has 2 aromatic carbocycles. The van der Waals surface area contributed by atoms with E-state index in [1.165, 1.54) is 5.56 Å². The fraction of sp³-hybridized carbons (Fsp3) is 0.364. The molecule has 0 N–H and O–H groups in total. The van der Waals surface area contributed by atoms with E-state index < -0.39 is 0 Å². The third-order valence-corrected chi connectivity index (χ3v) is 5.00. The summed E-state index contributed by atoms with van der Waals surface area (Å²) in [6, 6.07) is 15.3. The number of carbonyl (C=O) groups excluding carboxylic acids is 2. The molecule has 1 saturated heterocycles. The van der Waals surface area contributed by atoms with Crippen molar-refractivity contribution in [2.45, 2.75) is 20.3 Å². The number of piperazine rings is 1. The number of para-hydroxylation sites is 1. The molecule has 3 rings (SSSR count). The number of hydrogen-bond acceptors (Lipinski definition) is 3. The molecule has 1 aliphatic rings.